The summed E-state index contributed by atoms with van der Waals surface area (Å²) in [7, 11) is 0. The van der Waals surface area contributed by atoms with E-state index in [2.05, 4.69) is 41.2 Å². The number of nitrogens with one attached hydrogen (secondary N) is 1. The van der Waals surface area contributed by atoms with Gasteiger partial charge in [-0.2, -0.15) is 0 Å². The number of anilines is 1. The van der Waals surface area contributed by atoms with E-state index in [0.717, 1.165) is 37.2 Å². The van der Waals surface area contributed by atoms with Gasteiger partial charge in [-0.3, -0.25) is 0 Å². The highest BCUT2D eigenvalue weighted by Gasteiger charge is 2.10. The summed E-state index contributed by atoms with van der Waals surface area (Å²) >= 11 is 1.82. The Morgan fingerprint density at radius 1 is 1.37 bits per heavy atom. The van der Waals surface area contributed by atoms with Gasteiger partial charge < -0.3 is 10.2 Å². The van der Waals surface area contributed by atoms with Gasteiger partial charge in [-0.15, -0.1) is 11.3 Å². The highest BCUT2D eigenvalue weighted by atomic mass is 32.1. The third kappa shape index (κ3) is 4.32. The summed E-state index contributed by atoms with van der Waals surface area (Å²) in [5.74, 6) is 0.820. The maximum Gasteiger partial charge on any atom is 0.185 e. The highest BCUT2D eigenvalue weighted by molar-refractivity contribution is 7.15. The Kier molecular flexibility index (Phi) is 5.86. The first-order valence-electron chi connectivity index (χ1n) is 7.38. The molecule has 1 atom stereocenters. The van der Waals surface area contributed by atoms with E-state index in [1.807, 2.05) is 17.5 Å². The third-order valence-electron chi connectivity index (χ3n) is 3.69. The van der Waals surface area contributed by atoms with Crippen LogP contribution in [-0.4, -0.2) is 24.6 Å². The fourth-order valence-corrected chi connectivity index (χ4v) is 3.47. The monoisotopic (exact) mass is 279 g/mol. The van der Waals surface area contributed by atoms with Gasteiger partial charge in [0, 0.05) is 30.7 Å². The van der Waals surface area contributed by atoms with Crippen molar-refractivity contribution < 1.29 is 0 Å². The number of nitrogens with zero attached hydrogens (tertiary/aromatic N) is 2. The number of thiazole rings is 1. The normalized spacial score (nSPS) is 18.7. The summed E-state index contributed by atoms with van der Waals surface area (Å²) in [6, 6.07) is 0. The number of hydrogen-bond donors (Lipinski definition) is 1. The van der Waals surface area contributed by atoms with E-state index in [1.54, 1.807) is 0 Å². The van der Waals surface area contributed by atoms with Crippen molar-refractivity contribution in [2.24, 2.45) is 5.92 Å². The molecule has 3 nitrogen and oxygen atoms in total. The van der Waals surface area contributed by atoms with Gasteiger partial charge in [-0.1, -0.05) is 12.2 Å². The standard InChI is InChI=1S/C15H25N3S/c1-3-18(4-2)15-17-12-14(19-15)11-16-10-13-8-6-5-7-9-13/h5-6,12-13,16H,3-4,7-11H2,1-2H3. The second-order valence-corrected chi connectivity index (χ2v) is 6.16. The molecule has 1 aromatic heterocycles. The van der Waals surface area contributed by atoms with Crippen molar-refractivity contribution in [3.63, 3.8) is 0 Å². The van der Waals surface area contributed by atoms with Gasteiger partial charge in [0.15, 0.2) is 5.13 Å². The summed E-state index contributed by atoms with van der Waals surface area (Å²) < 4.78 is 0. The van der Waals surface area contributed by atoms with Crippen LogP contribution in [0, 0.1) is 5.92 Å². The molecule has 2 rings (SSSR count). The SMILES string of the molecule is CCN(CC)c1ncc(CNCC2CC=CCC2)s1. The van der Waals surface area contributed by atoms with Gasteiger partial charge in [-0.05, 0) is 45.6 Å². The lowest BCUT2D eigenvalue weighted by molar-refractivity contribution is 0.441. The Morgan fingerprint density at radius 3 is 2.89 bits per heavy atom. The van der Waals surface area contributed by atoms with Crippen molar-refractivity contribution in [1.82, 2.24) is 10.3 Å². The predicted molar refractivity (Wildman–Crippen MR) is 83.9 cm³/mol. The molecule has 0 bridgehead atoms. The fourth-order valence-electron chi connectivity index (χ4n) is 2.46. The first-order chi connectivity index (χ1) is 9.33. The van der Waals surface area contributed by atoms with E-state index in [4.69, 9.17) is 0 Å². The molecule has 0 aliphatic heterocycles. The first kappa shape index (κ1) is 14.5. The molecule has 19 heavy (non-hydrogen) atoms. The van der Waals surface area contributed by atoms with E-state index < -0.39 is 0 Å². The molecule has 106 valence electrons. The molecule has 1 heterocycles. The number of hydrogen-bond acceptors (Lipinski definition) is 4. The van der Waals surface area contributed by atoms with Gasteiger partial charge in [0.2, 0.25) is 0 Å². The summed E-state index contributed by atoms with van der Waals surface area (Å²) in [4.78, 5) is 8.16. The molecule has 1 N–H and O–H groups in total. The van der Waals surface area contributed by atoms with E-state index >= 15 is 0 Å². The number of allylic oxidation sites excluding steroid dienone is 2. The Morgan fingerprint density at radius 2 is 2.21 bits per heavy atom. The first-order valence-corrected chi connectivity index (χ1v) is 8.20. The predicted octanol–water partition coefficient (Wildman–Crippen LogP) is 3.44. The molecule has 0 radical (unpaired) electrons. The molecule has 0 saturated heterocycles. The molecular weight excluding hydrogens is 254 g/mol. The zero-order valence-corrected chi connectivity index (χ0v) is 12.9. The molecule has 1 aromatic rings. The molecule has 0 spiro atoms. The van der Waals surface area contributed by atoms with Crippen LogP contribution in [0.25, 0.3) is 0 Å². The van der Waals surface area contributed by atoms with Gasteiger partial charge in [0.1, 0.15) is 0 Å². The van der Waals surface area contributed by atoms with Gasteiger partial charge in [0.05, 0.1) is 0 Å². The van der Waals surface area contributed by atoms with Crippen LogP contribution in [-0.2, 0) is 6.54 Å². The molecule has 4 heteroatoms. The Hall–Kier alpha value is -0.870. The van der Waals surface area contributed by atoms with Crippen molar-refractivity contribution in [3.8, 4) is 0 Å². The van der Waals surface area contributed by atoms with Crippen LogP contribution in [0.5, 0.6) is 0 Å². The number of rotatable bonds is 7. The lowest BCUT2D eigenvalue weighted by Crippen LogP contribution is -2.22. The maximum atomic E-state index is 4.52. The summed E-state index contributed by atoms with van der Waals surface area (Å²) in [6.07, 6.45) is 10.5. The molecular formula is C15H25N3S. The van der Waals surface area contributed by atoms with E-state index in [-0.39, 0.29) is 0 Å². The zero-order chi connectivity index (χ0) is 13.5. The summed E-state index contributed by atoms with van der Waals surface area (Å²) in [6.45, 7) is 8.51. The van der Waals surface area contributed by atoms with Gasteiger partial charge in [0.25, 0.3) is 0 Å². The number of aromatic nitrogens is 1. The second-order valence-electron chi connectivity index (χ2n) is 5.06. The van der Waals surface area contributed by atoms with Crippen LogP contribution in [0.1, 0.15) is 38.0 Å². The lowest BCUT2D eigenvalue weighted by atomic mass is 9.94. The van der Waals surface area contributed by atoms with Crippen molar-refractivity contribution >= 4 is 16.5 Å². The van der Waals surface area contributed by atoms with E-state index in [1.165, 1.54) is 24.1 Å². The maximum absolute atomic E-state index is 4.52. The minimum atomic E-state index is 0.820. The van der Waals surface area contributed by atoms with Crippen molar-refractivity contribution in [3.05, 3.63) is 23.2 Å². The fraction of sp³-hybridized carbons (Fsp3) is 0.667. The van der Waals surface area contributed by atoms with Crippen LogP contribution in [0.3, 0.4) is 0 Å². The van der Waals surface area contributed by atoms with Crippen molar-refractivity contribution in [1.29, 1.82) is 0 Å². The smallest absolute Gasteiger partial charge is 0.185 e. The highest BCUT2D eigenvalue weighted by Crippen LogP contribution is 2.22. The molecule has 1 unspecified atom stereocenters. The van der Waals surface area contributed by atoms with Crippen LogP contribution < -0.4 is 10.2 Å². The average Bonchev–Trinajstić information content (AvgIpc) is 2.90. The molecule has 0 fully saturated rings. The third-order valence-corrected chi connectivity index (χ3v) is 4.74. The Balaban J connectivity index is 1.75. The largest absolute Gasteiger partial charge is 0.349 e. The summed E-state index contributed by atoms with van der Waals surface area (Å²) in [5.41, 5.74) is 0. The Bertz CT molecular complexity index is 396. The minimum Gasteiger partial charge on any atom is -0.349 e. The molecule has 0 amide bonds. The minimum absolute atomic E-state index is 0.820. The van der Waals surface area contributed by atoms with Crippen LogP contribution in [0.2, 0.25) is 0 Å². The van der Waals surface area contributed by atoms with Gasteiger partial charge >= 0.3 is 0 Å². The van der Waals surface area contributed by atoms with Crippen LogP contribution in [0.4, 0.5) is 5.13 Å². The zero-order valence-electron chi connectivity index (χ0n) is 12.1. The second kappa shape index (κ2) is 7.65. The average molecular weight is 279 g/mol. The van der Waals surface area contributed by atoms with Gasteiger partial charge in [-0.25, -0.2) is 4.98 Å². The lowest BCUT2D eigenvalue weighted by Gasteiger charge is -2.18. The van der Waals surface area contributed by atoms with Crippen molar-refractivity contribution in [2.75, 3.05) is 24.5 Å². The molecule has 0 aromatic carbocycles. The van der Waals surface area contributed by atoms with Crippen LogP contribution >= 0.6 is 11.3 Å². The molecule has 1 aliphatic rings. The quantitative estimate of drug-likeness (QED) is 0.775. The topological polar surface area (TPSA) is 28.2 Å². The van der Waals surface area contributed by atoms with Crippen LogP contribution in [0.15, 0.2) is 18.3 Å². The molecule has 0 saturated carbocycles. The van der Waals surface area contributed by atoms with E-state index in [9.17, 15) is 0 Å². The van der Waals surface area contributed by atoms with E-state index in [0.29, 0.717) is 0 Å². The Labute approximate surface area is 120 Å². The van der Waals surface area contributed by atoms with Crippen molar-refractivity contribution in [2.45, 2.75) is 39.7 Å². The summed E-state index contributed by atoms with van der Waals surface area (Å²) in [5, 5.41) is 4.73. The molecule has 1 aliphatic carbocycles.